The second-order valence-electron chi connectivity index (χ2n) is 2.15. The molecule has 0 bridgehead atoms. The van der Waals surface area contributed by atoms with Crippen LogP contribution in [0.15, 0.2) is 0 Å². The molecule has 0 spiro atoms. The summed E-state index contributed by atoms with van der Waals surface area (Å²) in [5.74, 6) is 0. The molecule has 14 heteroatoms. The molecule has 0 aromatic rings. The Kier molecular flexibility index (Phi) is 61.7. The van der Waals surface area contributed by atoms with Crippen molar-refractivity contribution >= 4 is 154 Å². The van der Waals surface area contributed by atoms with Crippen molar-refractivity contribution in [2.24, 2.45) is 0 Å². The van der Waals surface area contributed by atoms with E-state index >= 15 is 0 Å². The van der Waals surface area contributed by atoms with Crippen molar-refractivity contribution < 1.29 is 17.1 Å². The fourth-order valence-electron chi connectivity index (χ4n) is 0. The molecule has 0 aliphatic carbocycles. The number of hydrogen-bond donors (Lipinski definition) is 4. The maximum Gasteiger partial charge on any atom is 2.00 e. The Hall–Kier alpha value is 2.22. The van der Waals surface area contributed by atoms with Gasteiger partial charge in [-0.15, -0.1) is 0 Å². The first-order chi connectivity index (χ1) is 9.08. The van der Waals surface area contributed by atoms with Crippen LogP contribution in [0.1, 0.15) is 0 Å². The predicted octanol–water partition coefficient (Wildman–Crippen LogP) is -0.233. The third kappa shape index (κ3) is 95.8. The Labute approximate surface area is 217 Å². The van der Waals surface area contributed by atoms with Crippen LogP contribution in [0.3, 0.4) is 0 Å². The third-order valence-electron chi connectivity index (χ3n) is 0.816. The van der Waals surface area contributed by atoms with Gasteiger partial charge in [0.2, 0.25) is 0 Å². The molecule has 0 aromatic carbocycles. The van der Waals surface area contributed by atoms with Gasteiger partial charge in [0.25, 0.3) is 0 Å². The van der Waals surface area contributed by atoms with E-state index in [1.807, 2.05) is 0 Å². The molecule has 126 valence electrons. The average molecular weight is 521 g/mol. The monoisotopic (exact) mass is 520 g/mol. The Balaban J connectivity index is -0.0000000376. The number of nitrogens with one attached hydrogen (secondary N) is 4. The van der Waals surface area contributed by atoms with Gasteiger partial charge in [0.05, 0.1) is 0 Å². The minimum Gasteiger partial charge on any atom is -0.412 e. The van der Waals surface area contributed by atoms with Crippen LogP contribution in [0.4, 0.5) is 0 Å². The fraction of sp³-hybridized carbons (Fsp3) is 0.500. The Morgan fingerprint density at radius 1 is 0.545 bits per heavy atom. The maximum atomic E-state index is 4.40. The van der Waals surface area contributed by atoms with Gasteiger partial charge in [-0.3, -0.25) is 0 Å². The van der Waals surface area contributed by atoms with Crippen LogP contribution in [0.2, 0.25) is 0 Å². The van der Waals surface area contributed by atoms with Gasteiger partial charge >= 0.3 is 54.8 Å². The Morgan fingerprint density at radius 3 is 0.591 bits per heavy atom. The van der Waals surface area contributed by atoms with Crippen LogP contribution in [-0.2, 0) is 67.6 Å². The van der Waals surface area contributed by atoms with Crippen molar-refractivity contribution in [2.45, 2.75) is 0 Å². The van der Waals surface area contributed by atoms with Gasteiger partial charge in [0, 0.05) is 28.2 Å². The normalized spacial score (nSPS) is 6.00. The van der Waals surface area contributed by atoms with Gasteiger partial charge in [-0.25, -0.2) is 0 Å². The summed E-state index contributed by atoms with van der Waals surface area (Å²) in [7, 11) is 6.81. The third-order valence-corrected chi connectivity index (χ3v) is 2.45. The molecule has 0 heterocycles. The standard InChI is InChI=1S/4C2H5NS2.Ca.Fe/c4*1-3-2(4)5;;/h4*1H3,(H2,3,4,5);;/q;;;;2*+2/p-4. The average Bonchev–Trinajstić information content (AvgIpc) is 2.40. The first kappa shape index (κ1) is 39.3. The van der Waals surface area contributed by atoms with Crippen LogP contribution < -0.4 is 21.3 Å². The SMILES string of the molecule is CNC(=S)[S-].CNC(=S)[S-].CNC(=S)[S-].CNC(=S)[S-].[Ca+2].[Fe+2]. The number of rotatable bonds is 0. The minimum atomic E-state index is 0. The molecule has 0 saturated carbocycles. The van der Waals surface area contributed by atoms with E-state index in [9.17, 15) is 0 Å². The van der Waals surface area contributed by atoms with Crippen LogP contribution in [0.5, 0.6) is 0 Å². The van der Waals surface area contributed by atoms with Crippen LogP contribution in [-0.4, -0.2) is 83.2 Å². The summed E-state index contributed by atoms with van der Waals surface area (Å²) in [5.41, 5.74) is 0. The summed E-state index contributed by atoms with van der Waals surface area (Å²) in [6, 6.07) is 0. The molecule has 0 unspecified atom stereocenters. The molecule has 4 nitrogen and oxygen atoms in total. The van der Waals surface area contributed by atoms with E-state index in [1.54, 1.807) is 28.2 Å². The largest absolute Gasteiger partial charge is 2.00 e. The van der Waals surface area contributed by atoms with Crippen molar-refractivity contribution in [1.29, 1.82) is 0 Å². The number of hydrogen-bond acceptors (Lipinski definition) is 8. The van der Waals surface area contributed by atoms with Crippen LogP contribution >= 0.6 is 48.9 Å². The summed E-state index contributed by atoms with van der Waals surface area (Å²) in [6.45, 7) is 0. The molecule has 0 aromatic heterocycles. The summed E-state index contributed by atoms with van der Waals surface area (Å²) < 4.78 is 1.69. The van der Waals surface area contributed by atoms with E-state index in [0.717, 1.165) is 0 Å². The minimum absolute atomic E-state index is 0. The van der Waals surface area contributed by atoms with Gasteiger partial charge in [0.15, 0.2) is 0 Å². The van der Waals surface area contributed by atoms with E-state index < -0.39 is 0 Å². The summed E-state index contributed by atoms with van der Waals surface area (Å²) in [5, 5.41) is 10.3. The van der Waals surface area contributed by atoms with Crippen molar-refractivity contribution in [3.8, 4) is 0 Å². The van der Waals surface area contributed by atoms with Gasteiger partial charge in [-0.05, 0) is 0 Å². The van der Waals surface area contributed by atoms with Gasteiger partial charge in [0.1, 0.15) is 0 Å². The quantitative estimate of drug-likeness (QED) is 0.194. The smallest absolute Gasteiger partial charge is 0.412 e. The summed E-state index contributed by atoms with van der Waals surface area (Å²) in [6.07, 6.45) is 0. The molecular formula is C8H16CaFeN4S8. The molecule has 0 rings (SSSR count). The molecule has 0 aliphatic heterocycles. The maximum absolute atomic E-state index is 4.40. The van der Waals surface area contributed by atoms with Crippen LogP contribution in [0.25, 0.3) is 0 Å². The second-order valence-corrected chi connectivity index (χ2v) is 6.45. The second kappa shape index (κ2) is 34.5. The van der Waals surface area contributed by atoms with Gasteiger partial charge in [-0.2, -0.15) is 0 Å². The van der Waals surface area contributed by atoms with Crippen molar-refractivity contribution in [3.05, 3.63) is 0 Å². The first-order valence-electron chi connectivity index (χ1n) is 4.63. The van der Waals surface area contributed by atoms with E-state index in [4.69, 9.17) is 0 Å². The zero-order valence-corrected chi connectivity index (χ0v) is 22.2. The first-order valence-corrected chi connectivity index (χ1v) is 7.90. The van der Waals surface area contributed by atoms with Crippen molar-refractivity contribution in [3.63, 3.8) is 0 Å². The summed E-state index contributed by atoms with van der Waals surface area (Å²) >= 11 is 35.2. The van der Waals surface area contributed by atoms with Crippen LogP contribution in [0, 0.1) is 0 Å². The molecule has 0 aliphatic rings. The Bertz CT molecular complexity index is 239. The van der Waals surface area contributed by atoms with Gasteiger partial charge < -0.3 is 121 Å². The number of thiocarbonyl (C=S) groups is 4. The van der Waals surface area contributed by atoms with Crippen molar-refractivity contribution in [1.82, 2.24) is 21.3 Å². The van der Waals surface area contributed by atoms with E-state index in [1.165, 1.54) is 0 Å². The van der Waals surface area contributed by atoms with E-state index in [0.29, 0.717) is 17.3 Å². The molecule has 0 amide bonds. The molecule has 4 N–H and O–H groups in total. The van der Waals surface area contributed by atoms with E-state index in [-0.39, 0.29) is 54.8 Å². The predicted molar refractivity (Wildman–Crippen MR) is 122 cm³/mol. The molecule has 0 radical (unpaired) electrons. The zero-order chi connectivity index (χ0) is 17.1. The van der Waals surface area contributed by atoms with Gasteiger partial charge in [-0.1, -0.05) is 17.3 Å². The van der Waals surface area contributed by atoms with E-state index in [2.05, 4.69) is 121 Å². The molecular weight excluding hydrogens is 505 g/mol. The molecule has 0 atom stereocenters. The summed E-state index contributed by atoms with van der Waals surface area (Å²) in [4.78, 5) is 0. The van der Waals surface area contributed by atoms with Crippen molar-refractivity contribution in [2.75, 3.05) is 28.2 Å². The molecule has 0 fully saturated rings. The molecule has 0 saturated heterocycles. The molecule has 22 heavy (non-hydrogen) atoms. The fourth-order valence-corrected chi connectivity index (χ4v) is 0. The zero-order valence-electron chi connectivity index (χ0n) is 12.3. The topological polar surface area (TPSA) is 48.1 Å². The Morgan fingerprint density at radius 2 is 0.591 bits per heavy atom.